The predicted molar refractivity (Wildman–Crippen MR) is 120 cm³/mol. The molecule has 0 heterocycles. The van der Waals surface area contributed by atoms with Gasteiger partial charge in [-0.3, -0.25) is 4.79 Å². The van der Waals surface area contributed by atoms with Gasteiger partial charge in [-0.15, -0.1) is 23.2 Å². The first kappa shape index (κ1) is 23.3. The van der Waals surface area contributed by atoms with Crippen molar-refractivity contribution in [2.45, 2.75) is 87.8 Å². The lowest BCUT2D eigenvalue weighted by Gasteiger charge is -2.38. The van der Waals surface area contributed by atoms with Crippen LogP contribution in [0, 0.1) is 35.3 Å². The molecule has 0 saturated heterocycles. The topological polar surface area (TPSA) is 26.3 Å². The molecule has 0 radical (unpaired) electrons. The van der Waals surface area contributed by atoms with Crippen LogP contribution in [0.25, 0.3) is 0 Å². The van der Waals surface area contributed by atoms with Gasteiger partial charge in [0.15, 0.2) is 11.6 Å². The van der Waals surface area contributed by atoms with Gasteiger partial charge in [-0.1, -0.05) is 38.7 Å². The lowest BCUT2D eigenvalue weighted by atomic mass is 9.68. The summed E-state index contributed by atoms with van der Waals surface area (Å²) in [6.45, 7) is 2.27. The van der Waals surface area contributed by atoms with Crippen LogP contribution in [0.1, 0.15) is 89.0 Å². The van der Waals surface area contributed by atoms with Crippen molar-refractivity contribution in [3.8, 4) is 5.75 Å². The van der Waals surface area contributed by atoms with E-state index in [0.717, 1.165) is 43.4 Å². The number of rotatable bonds is 6. The van der Waals surface area contributed by atoms with Gasteiger partial charge < -0.3 is 4.74 Å². The Bertz CT molecular complexity index is 797. The molecule has 0 spiro atoms. The van der Waals surface area contributed by atoms with Crippen molar-refractivity contribution in [3.05, 3.63) is 29.3 Å². The molecule has 6 heteroatoms. The van der Waals surface area contributed by atoms with E-state index in [9.17, 15) is 13.6 Å². The molecule has 1 aromatic carbocycles. The first-order valence-electron chi connectivity index (χ1n) is 11.9. The maximum atomic E-state index is 14.8. The molecule has 1 atom stereocenters. The fraction of sp³-hybridized carbons (Fsp3) is 0.720. The minimum absolute atomic E-state index is 0.0219. The van der Waals surface area contributed by atoms with Crippen molar-refractivity contribution in [2.24, 2.45) is 23.7 Å². The third-order valence-electron chi connectivity index (χ3n) is 7.86. The second-order valence-electron chi connectivity index (χ2n) is 9.90. The molecule has 3 aliphatic rings. The number of hydrogen-bond donors (Lipinski definition) is 0. The van der Waals surface area contributed by atoms with E-state index in [1.807, 2.05) is 0 Å². The molecule has 2 nitrogen and oxygen atoms in total. The molecule has 3 saturated carbocycles. The van der Waals surface area contributed by atoms with Gasteiger partial charge in [-0.05, 0) is 80.2 Å². The summed E-state index contributed by atoms with van der Waals surface area (Å²) >= 11 is 11.7. The number of hydrogen-bond acceptors (Lipinski definition) is 2. The number of carbonyl (C=O) groups is 1. The van der Waals surface area contributed by atoms with Crippen molar-refractivity contribution in [2.75, 3.05) is 0 Å². The lowest BCUT2D eigenvalue weighted by Crippen LogP contribution is -2.25. The average molecular weight is 473 g/mol. The average Bonchev–Trinajstić information content (AvgIpc) is 3.41. The molecule has 0 aliphatic heterocycles. The quantitative estimate of drug-likeness (QED) is 0.238. The molecule has 3 fully saturated rings. The van der Waals surface area contributed by atoms with Gasteiger partial charge in [0.1, 0.15) is 4.33 Å². The molecular formula is C25H32Cl2F2O2. The van der Waals surface area contributed by atoms with Crippen molar-refractivity contribution in [3.63, 3.8) is 0 Å². The number of carbonyl (C=O) groups excluding carboxylic acids is 1. The Hall–Kier alpha value is -0.870. The van der Waals surface area contributed by atoms with Gasteiger partial charge in [-0.25, -0.2) is 4.39 Å². The van der Waals surface area contributed by atoms with Crippen LogP contribution in [0.15, 0.2) is 12.1 Å². The Kier molecular flexibility index (Phi) is 7.18. The normalized spacial score (nSPS) is 32.5. The van der Waals surface area contributed by atoms with Crippen LogP contribution in [-0.2, 0) is 4.79 Å². The van der Waals surface area contributed by atoms with Gasteiger partial charge in [0, 0.05) is 0 Å². The SMILES string of the molecule is CCCC1CCC(C2CCC(c3ccc(OC(=O)C4CC4(Cl)Cl)c(F)c3F)CC2)CC1. The Balaban J connectivity index is 1.32. The second kappa shape index (κ2) is 9.55. The van der Waals surface area contributed by atoms with Gasteiger partial charge in [-0.2, -0.15) is 4.39 Å². The van der Waals surface area contributed by atoms with E-state index < -0.39 is 27.9 Å². The minimum atomic E-state index is -1.15. The molecule has 1 unspecified atom stereocenters. The van der Waals surface area contributed by atoms with E-state index in [1.165, 1.54) is 44.6 Å². The Labute approximate surface area is 194 Å². The molecule has 1 aromatic rings. The first-order valence-corrected chi connectivity index (χ1v) is 12.6. The van der Waals surface area contributed by atoms with Crippen LogP contribution < -0.4 is 4.74 Å². The first-order chi connectivity index (χ1) is 14.8. The van der Waals surface area contributed by atoms with Crippen molar-refractivity contribution in [1.82, 2.24) is 0 Å². The van der Waals surface area contributed by atoms with E-state index in [1.54, 1.807) is 6.07 Å². The highest BCUT2D eigenvalue weighted by molar-refractivity contribution is 6.52. The fourth-order valence-corrected chi connectivity index (χ4v) is 6.33. The highest BCUT2D eigenvalue weighted by Crippen LogP contribution is 2.53. The van der Waals surface area contributed by atoms with Gasteiger partial charge in [0.05, 0.1) is 5.92 Å². The van der Waals surface area contributed by atoms with Crippen LogP contribution in [0.2, 0.25) is 0 Å². The highest BCUT2D eigenvalue weighted by atomic mass is 35.5. The largest absolute Gasteiger partial charge is 0.423 e. The molecule has 3 aliphatic carbocycles. The molecular weight excluding hydrogens is 441 g/mol. The molecule has 0 bridgehead atoms. The summed E-state index contributed by atoms with van der Waals surface area (Å²) in [6, 6.07) is 2.93. The van der Waals surface area contributed by atoms with Crippen molar-refractivity contribution >= 4 is 29.2 Å². The van der Waals surface area contributed by atoms with Crippen LogP contribution >= 0.6 is 23.2 Å². The number of alkyl halides is 2. The smallest absolute Gasteiger partial charge is 0.317 e. The summed E-state index contributed by atoms with van der Waals surface area (Å²) in [6.07, 6.45) is 12.2. The fourth-order valence-electron chi connectivity index (χ4n) is 5.85. The summed E-state index contributed by atoms with van der Waals surface area (Å²) in [7, 11) is 0. The van der Waals surface area contributed by atoms with Gasteiger partial charge in [0.2, 0.25) is 5.82 Å². The molecule has 31 heavy (non-hydrogen) atoms. The third-order valence-corrected chi connectivity index (χ3v) is 8.70. The van der Waals surface area contributed by atoms with Crippen LogP contribution in [0.4, 0.5) is 8.78 Å². The molecule has 0 N–H and O–H groups in total. The molecule has 4 rings (SSSR count). The Morgan fingerprint density at radius 2 is 1.58 bits per heavy atom. The van der Waals surface area contributed by atoms with Crippen LogP contribution in [0.5, 0.6) is 5.75 Å². The highest BCUT2D eigenvalue weighted by Gasteiger charge is 2.57. The minimum Gasteiger partial charge on any atom is -0.423 e. The van der Waals surface area contributed by atoms with E-state index in [-0.39, 0.29) is 18.1 Å². The Morgan fingerprint density at radius 3 is 2.13 bits per heavy atom. The Morgan fingerprint density at radius 1 is 1.00 bits per heavy atom. The standard InChI is InChI=1S/C25H32Cl2F2O2/c1-2-3-15-4-6-16(7-5-15)17-8-10-18(11-9-17)19-12-13-21(23(29)22(19)28)31-24(30)20-14-25(20,26)27/h12-13,15-18,20H,2-11,14H2,1H3. The summed E-state index contributed by atoms with van der Waals surface area (Å²) in [5, 5.41) is 0. The zero-order chi connectivity index (χ0) is 22.2. The third kappa shape index (κ3) is 5.21. The summed E-state index contributed by atoms with van der Waals surface area (Å²) in [4.78, 5) is 12.0. The number of ether oxygens (including phenoxy) is 1. The number of halogens is 4. The zero-order valence-corrected chi connectivity index (χ0v) is 19.7. The zero-order valence-electron chi connectivity index (χ0n) is 18.1. The van der Waals surface area contributed by atoms with E-state index >= 15 is 0 Å². The monoisotopic (exact) mass is 472 g/mol. The van der Waals surface area contributed by atoms with Crippen molar-refractivity contribution in [1.29, 1.82) is 0 Å². The molecule has 0 amide bonds. The molecule has 172 valence electrons. The van der Waals surface area contributed by atoms with Crippen LogP contribution in [-0.4, -0.2) is 10.3 Å². The van der Waals surface area contributed by atoms with Gasteiger partial charge >= 0.3 is 5.97 Å². The van der Waals surface area contributed by atoms with E-state index in [2.05, 4.69) is 6.92 Å². The lowest BCUT2D eigenvalue weighted by molar-refractivity contribution is -0.136. The van der Waals surface area contributed by atoms with Gasteiger partial charge in [0.25, 0.3) is 0 Å². The summed E-state index contributed by atoms with van der Waals surface area (Å²) in [5.41, 5.74) is 0.401. The maximum Gasteiger partial charge on any atom is 0.317 e. The van der Waals surface area contributed by atoms with E-state index in [0.29, 0.717) is 5.56 Å². The van der Waals surface area contributed by atoms with Crippen molar-refractivity contribution < 1.29 is 18.3 Å². The maximum absolute atomic E-state index is 14.8. The number of benzene rings is 1. The molecule has 0 aromatic heterocycles. The number of esters is 1. The second-order valence-corrected chi connectivity index (χ2v) is 11.4. The van der Waals surface area contributed by atoms with Crippen LogP contribution in [0.3, 0.4) is 0 Å². The summed E-state index contributed by atoms with van der Waals surface area (Å²) < 4.78 is 33.3. The predicted octanol–water partition coefficient (Wildman–Crippen LogP) is 7.94. The summed E-state index contributed by atoms with van der Waals surface area (Å²) in [5.74, 6) is -1.34. The van der Waals surface area contributed by atoms with E-state index in [4.69, 9.17) is 27.9 Å².